The Bertz CT molecular complexity index is 748. The van der Waals surface area contributed by atoms with Gasteiger partial charge in [0.15, 0.2) is 11.5 Å². The molecule has 0 aliphatic carbocycles. The molecular weight excluding hydrogens is 328 g/mol. The fourth-order valence-corrected chi connectivity index (χ4v) is 3.30. The molecule has 0 unspecified atom stereocenters. The van der Waals surface area contributed by atoms with E-state index in [1.165, 1.54) is 0 Å². The molecule has 5 nitrogen and oxygen atoms in total. The van der Waals surface area contributed by atoms with Crippen molar-refractivity contribution in [1.29, 1.82) is 0 Å². The van der Waals surface area contributed by atoms with Gasteiger partial charge in [0.25, 0.3) is 5.91 Å². The van der Waals surface area contributed by atoms with Gasteiger partial charge in [0, 0.05) is 13.1 Å². The van der Waals surface area contributed by atoms with Crippen LogP contribution in [0.5, 0.6) is 17.2 Å². The summed E-state index contributed by atoms with van der Waals surface area (Å²) in [5.41, 5.74) is 0.587. The van der Waals surface area contributed by atoms with Crippen LogP contribution in [0, 0.1) is 5.92 Å². The molecule has 2 aromatic carbocycles. The summed E-state index contributed by atoms with van der Waals surface area (Å²) in [6.45, 7) is 4.99. The van der Waals surface area contributed by atoms with Crippen LogP contribution in [0.4, 0.5) is 0 Å². The van der Waals surface area contributed by atoms with Crippen molar-refractivity contribution in [3.05, 3.63) is 54.1 Å². The minimum atomic E-state index is 0.0214. The Labute approximate surface area is 154 Å². The lowest BCUT2D eigenvalue weighted by Gasteiger charge is -2.19. The zero-order valence-corrected chi connectivity index (χ0v) is 15.4. The van der Waals surface area contributed by atoms with Crippen molar-refractivity contribution in [1.82, 2.24) is 10.2 Å². The third-order valence-electron chi connectivity index (χ3n) is 4.55. The van der Waals surface area contributed by atoms with E-state index in [4.69, 9.17) is 9.47 Å². The van der Waals surface area contributed by atoms with Crippen LogP contribution in [0.3, 0.4) is 0 Å². The summed E-state index contributed by atoms with van der Waals surface area (Å²) in [4.78, 5) is 14.9. The molecule has 138 valence electrons. The van der Waals surface area contributed by atoms with Crippen molar-refractivity contribution in [3.8, 4) is 17.2 Å². The van der Waals surface area contributed by atoms with Gasteiger partial charge in [-0.15, -0.1) is 0 Å². The zero-order valence-electron chi connectivity index (χ0n) is 15.4. The van der Waals surface area contributed by atoms with Crippen molar-refractivity contribution in [3.63, 3.8) is 0 Å². The molecule has 1 aliphatic heterocycles. The van der Waals surface area contributed by atoms with Gasteiger partial charge in [-0.05, 0) is 57.1 Å². The highest BCUT2D eigenvalue weighted by Gasteiger charge is 2.28. The number of para-hydroxylation sites is 3. The predicted octanol–water partition coefficient (Wildman–Crippen LogP) is 3.56. The Balaban J connectivity index is 1.80. The first-order valence-corrected chi connectivity index (χ1v) is 9.15. The first-order chi connectivity index (χ1) is 12.7. The van der Waals surface area contributed by atoms with E-state index in [9.17, 15) is 4.79 Å². The molecule has 0 saturated carbocycles. The molecule has 0 bridgehead atoms. The van der Waals surface area contributed by atoms with E-state index in [1.807, 2.05) is 67.4 Å². The second-order valence-corrected chi connectivity index (χ2v) is 6.44. The van der Waals surface area contributed by atoms with Gasteiger partial charge in [0.05, 0.1) is 12.2 Å². The van der Waals surface area contributed by atoms with Gasteiger partial charge in [-0.3, -0.25) is 4.79 Å². The van der Waals surface area contributed by atoms with E-state index in [1.54, 1.807) is 0 Å². The Morgan fingerprint density at radius 2 is 1.81 bits per heavy atom. The smallest absolute Gasteiger partial charge is 0.257 e. The normalized spacial score (nSPS) is 16.5. The molecule has 1 fully saturated rings. The highest BCUT2D eigenvalue weighted by molar-refractivity contribution is 5.97. The lowest BCUT2D eigenvalue weighted by molar-refractivity contribution is 0.0784. The number of carbonyl (C=O) groups excluding carboxylic acids is 1. The summed E-state index contributed by atoms with van der Waals surface area (Å²) in [5, 5.41) is 3.19. The van der Waals surface area contributed by atoms with E-state index in [0.29, 0.717) is 35.3 Å². The van der Waals surface area contributed by atoms with Crippen molar-refractivity contribution in [2.45, 2.75) is 13.3 Å². The van der Waals surface area contributed by atoms with Crippen molar-refractivity contribution in [2.75, 3.05) is 33.3 Å². The molecule has 5 heteroatoms. The molecule has 1 saturated heterocycles. The fourth-order valence-electron chi connectivity index (χ4n) is 3.30. The van der Waals surface area contributed by atoms with Crippen LogP contribution in [-0.4, -0.2) is 44.1 Å². The minimum absolute atomic E-state index is 0.0214. The maximum absolute atomic E-state index is 13.0. The Morgan fingerprint density at radius 3 is 2.54 bits per heavy atom. The van der Waals surface area contributed by atoms with Gasteiger partial charge in [0.1, 0.15) is 5.75 Å². The summed E-state index contributed by atoms with van der Waals surface area (Å²) < 4.78 is 11.7. The molecule has 1 aliphatic rings. The maximum Gasteiger partial charge on any atom is 0.257 e. The number of ether oxygens (including phenoxy) is 2. The molecule has 26 heavy (non-hydrogen) atoms. The number of nitrogens with one attached hydrogen (secondary N) is 1. The van der Waals surface area contributed by atoms with Gasteiger partial charge in [0.2, 0.25) is 0 Å². The molecule has 1 atom stereocenters. The number of rotatable bonds is 7. The molecule has 1 heterocycles. The number of nitrogens with zero attached hydrogens (tertiary/aromatic N) is 1. The lowest BCUT2D eigenvalue weighted by Crippen LogP contribution is -2.30. The molecule has 0 aromatic heterocycles. The summed E-state index contributed by atoms with van der Waals surface area (Å²) in [7, 11) is 1.95. The quantitative estimate of drug-likeness (QED) is 0.826. The van der Waals surface area contributed by atoms with Crippen LogP contribution in [-0.2, 0) is 0 Å². The zero-order chi connectivity index (χ0) is 18.4. The Hall–Kier alpha value is -2.53. The van der Waals surface area contributed by atoms with Crippen LogP contribution in [0.15, 0.2) is 48.5 Å². The van der Waals surface area contributed by atoms with E-state index < -0.39 is 0 Å². The second kappa shape index (κ2) is 8.72. The first kappa shape index (κ1) is 18.3. The number of hydrogen-bond acceptors (Lipinski definition) is 4. The summed E-state index contributed by atoms with van der Waals surface area (Å²) in [5.74, 6) is 2.38. The van der Waals surface area contributed by atoms with E-state index in [2.05, 4.69) is 5.32 Å². The molecule has 0 spiro atoms. The Morgan fingerprint density at radius 1 is 1.12 bits per heavy atom. The fraction of sp³-hybridized carbons (Fsp3) is 0.381. The molecule has 1 N–H and O–H groups in total. The van der Waals surface area contributed by atoms with Crippen LogP contribution >= 0.6 is 0 Å². The summed E-state index contributed by atoms with van der Waals surface area (Å²) in [6.07, 6.45) is 1.03. The average molecular weight is 354 g/mol. The van der Waals surface area contributed by atoms with Crippen molar-refractivity contribution in [2.24, 2.45) is 5.92 Å². The van der Waals surface area contributed by atoms with Crippen molar-refractivity contribution >= 4 is 5.91 Å². The average Bonchev–Trinajstić information content (AvgIpc) is 3.12. The number of carbonyl (C=O) groups is 1. The molecule has 3 rings (SSSR count). The van der Waals surface area contributed by atoms with Gasteiger partial charge < -0.3 is 19.7 Å². The third kappa shape index (κ3) is 4.17. The Kier molecular flexibility index (Phi) is 6.12. The number of amides is 1. The van der Waals surface area contributed by atoms with Crippen LogP contribution in [0.1, 0.15) is 23.7 Å². The number of benzene rings is 2. The van der Waals surface area contributed by atoms with Crippen LogP contribution in [0.2, 0.25) is 0 Å². The second-order valence-electron chi connectivity index (χ2n) is 6.44. The highest BCUT2D eigenvalue weighted by Crippen LogP contribution is 2.33. The number of likely N-dealkylation sites (tertiary alicyclic amines) is 1. The number of hydrogen-bond donors (Lipinski definition) is 1. The summed E-state index contributed by atoms with van der Waals surface area (Å²) >= 11 is 0. The van der Waals surface area contributed by atoms with E-state index >= 15 is 0 Å². The molecular formula is C21H26N2O3. The van der Waals surface area contributed by atoms with Gasteiger partial charge >= 0.3 is 0 Å². The van der Waals surface area contributed by atoms with Crippen LogP contribution < -0.4 is 14.8 Å². The first-order valence-electron chi connectivity index (χ1n) is 9.15. The van der Waals surface area contributed by atoms with E-state index in [-0.39, 0.29) is 5.91 Å². The van der Waals surface area contributed by atoms with Crippen LogP contribution in [0.25, 0.3) is 0 Å². The van der Waals surface area contributed by atoms with Gasteiger partial charge in [-0.2, -0.15) is 0 Å². The standard InChI is InChI=1S/C21H26N2O3/c1-3-25-19-10-6-7-11-20(19)26-18-9-5-4-8-17(18)21(24)23-13-12-16(15-23)14-22-2/h4-11,16,22H,3,12-15H2,1-2H3/t16-/m0/s1. The third-order valence-corrected chi connectivity index (χ3v) is 4.55. The minimum Gasteiger partial charge on any atom is -0.490 e. The lowest BCUT2D eigenvalue weighted by atomic mass is 10.1. The molecule has 0 radical (unpaired) electrons. The molecule has 1 amide bonds. The monoisotopic (exact) mass is 354 g/mol. The predicted molar refractivity (Wildman–Crippen MR) is 102 cm³/mol. The molecule has 2 aromatic rings. The largest absolute Gasteiger partial charge is 0.490 e. The topological polar surface area (TPSA) is 50.8 Å². The van der Waals surface area contributed by atoms with Gasteiger partial charge in [-0.25, -0.2) is 0 Å². The highest BCUT2D eigenvalue weighted by atomic mass is 16.5. The summed E-state index contributed by atoms with van der Waals surface area (Å²) in [6, 6.07) is 14.9. The maximum atomic E-state index is 13.0. The van der Waals surface area contributed by atoms with Crippen molar-refractivity contribution < 1.29 is 14.3 Å². The SMILES string of the molecule is CCOc1ccccc1Oc1ccccc1C(=O)N1CC[C@@H](CNC)C1. The van der Waals surface area contributed by atoms with E-state index in [0.717, 1.165) is 26.1 Å². The van der Waals surface area contributed by atoms with Gasteiger partial charge in [-0.1, -0.05) is 24.3 Å².